The molecule has 100 valence electrons. The summed E-state index contributed by atoms with van der Waals surface area (Å²) in [7, 11) is 5.78. The van der Waals surface area contributed by atoms with E-state index in [1.165, 1.54) is 25.7 Å². The van der Waals surface area contributed by atoms with Gasteiger partial charge in [-0.2, -0.15) is 0 Å². The number of hydrogen-bond acceptors (Lipinski definition) is 5. The molecule has 0 unspecified atom stereocenters. The Labute approximate surface area is 109 Å². The summed E-state index contributed by atoms with van der Waals surface area (Å²) in [6.45, 7) is 0. The fourth-order valence-corrected chi connectivity index (χ4v) is 2.57. The van der Waals surface area contributed by atoms with Crippen LogP contribution in [0.3, 0.4) is 0 Å². The maximum absolute atomic E-state index is 5.14. The first kappa shape index (κ1) is 13.1. The average Bonchev–Trinajstić information content (AvgIpc) is 2.46. The molecule has 0 atom stereocenters. The minimum absolute atomic E-state index is 0.564. The zero-order valence-corrected chi connectivity index (χ0v) is 11.4. The number of aromatic nitrogens is 2. The molecule has 1 N–H and O–H groups in total. The van der Waals surface area contributed by atoms with Crippen LogP contribution in [-0.4, -0.2) is 43.3 Å². The molecule has 1 aromatic rings. The second-order valence-electron chi connectivity index (χ2n) is 4.82. The van der Waals surface area contributed by atoms with Crippen LogP contribution in [0.5, 0.6) is 5.88 Å². The molecule has 1 aliphatic rings. The van der Waals surface area contributed by atoms with E-state index in [1.807, 2.05) is 13.1 Å². The van der Waals surface area contributed by atoms with E-state index < -0.39 is 0 Å². The predicted octanol–water partition coefficient (Wildman–Crippen LogP) is 1.45. The largest absolute Gasteiger partial charge is 0.481 e. The molecule has 0 aromatic carbocycles. The van der Waals surface area contributed by atoms with Gasteiger partial charge in [0.25, 0.3) is 0 Å². The second kappa shape index (κ2) is 6.00. The molecule has 0 bridgehead atoms. The highest BCUT2D eigenvalue weighted by atomic mass is 16.5. The Morgan fingerprint density at radius 3 is 2.61 bits per heavy atom. The van der Waals surface area contributed by atoms with E-state index >= 15 is 0 Å². The van der Waals surface area contributed by atoms with Crippen LogP contribution in [0.15, 0.2) is 12.4 Å². The lowest BCUT2D eigenvalue weighted by molar-refractivity contribution is 0.350. The molecule has 5 heteroatoms. The van der Waals surface area contributed by atoms with Gasteiger partial charge in [0.1, 0.15) is 12.1 Å². The monoisotopic (exact) mass is 250 g/mol. The zero-order valence-electron chi connectivity index (χ0n) is 11.4. The van der Waals surface area contributed by atoms with Crippen LogP contribution in [-0.2, 0) is 0 Å². The number of ether oxygens (including phenoxy) is 1. The van der Waals surface area contributed by atoms with Crippen molar-refractivity contribution in [2.24, 2.45) is 0 Å². The van der Waals surface area contributed by atoms with Crippen molar-refractivity contribution in [1.29, 1.82) is 0 Å². The summed E-state index contributed by atoms with van der Waals surface area (Å²) in [6.07, 6.45) is 6.42. The number of hydrogen-bond donors (Lipinski definition) is 1. The molecule has 0 aliphatic heterocycles. The highest BCUT2D eigenvalue weighted by molar-refractivity contribution is 5.41. The van der Waals surface area contributed by atoms with Crippen LogP contribution < -0.4 is 15.0 Å². The summed E-state index contributed by atoms with van der Waals surface area (Å²) in [6, 6.07) is 3.13. The lowest BCUT2D eigenvalue weighted by Crippen LogP contribution is -2.40. The van der Waals surface area contributed by atoms with Gasteiger partial charge in [-0.05, 0) is 32.7 Å². The van der Waals surface area contributed by atoms with Crippen molar-refractivity contribution in [3.8, 4) is 5.88 Å². The Morgan fingerprint density at radius 2 is 2.00 bits per heavy atom. The van der Waals surface area contributed by atoms with Crippen molar-refractivity contribution in [3.05, 3.63) is 12.4 Å². The van der Waals surface area contributed by atoms with Crippen LogP contribution in [0, 0.1) is 0 Å². The minimum atomic E-state index is 0.564. The van der Waals surface area contributed by atoms with Crippen molar-refractivity contribution in [1.82, 2.24) is 15.3 Å². The van der Waals surface area contributed by atoms with Crippen LogP contribution in [0.25, 0.3) is 0 Å². The van der Waals surface area contributed by atoms with Gasteiger partial charge in [0.2, 0.25) is 5.88 Å². The van der Waals surface area contributed by atoms with E-state index in [9.17, 15) is 0 Å². The third kappa shape index (κ3) is 2.90. The highest BCUT2D eigenvalue weighted by Crippen LogP contribution is 2.26. The molecule has 0 spiro atoms. The first-order chi connectivity index (χ1) is 8.74. The Hall–Kier alpha value is -1.36. The molecular formula is C13H22N4O. The van der Waals surface area contributed by atoms with Crippen molar-refractivity contribution in [3.63, 3.8) is 0 Å². The molecule has 1 fully saturated rings. The van der Waals surface area contributed by atoms with Crippen molar-refractivity contribution < 1.29 is 4.74 Å². The van der Waals surface area contributed by atoms with Crippen LogP contribution >= 0.6 is 0 Å². The van der Waals surface area contributed by atoms with Crippen LogP contribution in [0.4, 0.5) is 5.82 Å². The molecule has 5 nitrogen and oxygen atoms in total. The molecule has 2 rings (SSSR count). The second-order valence-corrected chi connectivity index (χ2v) is 4.82. The third-order valence-electron chi connectivity index (χ3n) is 3.85. The summed E-state index contributed by atoms with van der Waals surface area (Å²) in [4.78, 5) is 10.6. The van der Waals surface area contributed by atoms with Gasteiger partial charge >= 0.3 is 0 Å². The smallest absolute Gasteiger partial charge is 0.218 e. The summed E-state index contributed by atoms with van der Waals surface area (Å²) in [5.41, 5.74) is 0. The summed E-state index contributed by atoms with van der Waals surface area (Å²) in [5, 5.41) is 3.36. The van der Waals surface area contributed by atoms with Crippen molar-refractivity contribution >= 4 is 5.82 Å². The number of nitrogens with zero attached hydrogens (tertiary/aromatic N) is 3. The Bertz CT molecular complexity index is 377. The minimum Gasteiger partial charge on any atom is -0.481 e. The van der Waals surface area contributed by atoms with Gasteiger partial charge in [-0.25, -0.2) is 9.97 Å². The van der Waals surface area contributed by atoms with Gasteiger partial charge in [0.05, 0.1) is 7.11 Å². The number of nitrogens with one attached hydrogen (secondary N) is 1. The predicted molar refractivity (Wildman–Crippen MR) is 72.1 cm³/mol. The normalized spacial score (nSPS) is 23.7. The maximum Gasteiger partial charge on any atom is 0.218 e. The van der Waals surface area contributed by atoms with E-state index in [2.05, 4.69) is 27.2 Å². The molecule has 18 heavy (non-hydrogen) atoms. The fourth-order valence-electron chi connectivity index (χ4n) is 2.57. The van der Waals surface area contributed by atoms with E-state index in [-0.39, 0.29) is 0 Å². The number of rotatable bonds is 4. The fraction of sp³-hybridized carbons (Fsp3) is 0.692. The summed E-state index contributed by atoms with van der Waals surface area (Å²) < 4.78 is 5.14. The molecule has 0 radical (unpaired) electrons. The molecule has 1 heterocycles. The number of methoxy groups -OCH3 is 1. The van der Waals surface area contributed by atoms with Gasteiger partial charge < -0.3 is 15.0 Å². The molecule has 0 amide bonds. The van der Waals surface area contributed by atoms with Crippen LogP contribution in [0.1, 0.15) is 25.7 Å². The van der Waals surface area contributed by atoms with E-state index in [4.69, 9.17) is 4.74 Å². The van der Waals surface area contributed by atoms with Gasteiger partial charge in [0.15, 0.2) is 0 Å². The van der Waals surface area contributed by atoms with Gasteiger partial charge in [-0.15, -0.1) is 0 Å². The quantitative estimate of drug-likeness (QED) is 0.876. The Kier molecular flexibility index (Phi) is 4.36. The molecule has 1 aromatic heterocycles. The van der Waals surface area contributed by atoms with Gasteiger partial charge in [0, 0.05) is 25.2 Å². The molecule has 1 aliphatic carbocycles. The zero-order chi connectivity index (χ0) is 13.0. The van der Waals surface area contributed by atoms with Crippen molar-refractivity contribution in [2.75, 3.05) is 26.1 Å². The average molecular weight is 250 g/mol. The Balaban J connectivity index is 2.00. The molecule has 0 saturated heterocycles. The standard InChI is InChI=1S/C13H22N4O/c1-14-10-4-6-11(7-5-10)17(2)12-8-13(18-3)16-9-15-12/h8-11,14H,4-7H2,1-3H3. The molecule has 1 saturated carbocycles. The van der Waals surface area contributed by atoms with E-state index in [0.717, 1.165) is 5.82 Å². The lowest BCUT2D eigenvalue weighted by Gasteiger charge is -2.35. The van der Waals surface area contributed by atoms with Gasteiger partial charge in [-0.3, -0.25) is 0 Å². The lowest BCUT2D eigenvalue weighted by atomic mass is 9.90. The van der Waals surface area contributed by atoms with Gasteiger partial charge in [-0.1, -0.05) is 0 Å². The first-order valence-corrected chi connectivity index (χ1v) is 6.50. The van der Waals surface area contributed by atoms with E-state index in [0.29, 0.717) is 18.0 Å². The summed E-state index contributed by atoms with van der Waals surface area (Å²) in [5.74, 6) is 1.56. The first-order valence-electron chi connectivity index (χ1n) is 6.50. The SMILES string of the molecule is CNC1CCC(N(C)c2cc(OC)ncn2)CC1. The topological polar surface area (TPSA) is 50.3 Å². The van der Waals surface area contributed by atoms with Crippen molar-refractivity contribution in [2.45, 2.75) is 37.8 Å². The molecular weight excluding hydrogens is 228 g/mol. The van der Waals surface area contributed by atoms with E-state index in [1.54, 1.807) is 13.4 Å². The Morgan fingerprint density at radius 1 is 1.28 bits per heavy atom. The highest BCUT2D eigenvalue weighted by Gasteiger charge is 2.24. The summed E-state index contributed by atoms with van der Waals surface area (Å²) >= 11 is 0. The maximum atomic E-state index is 5.14. The number of anilines is 1. The third-order valence-corrected chi connectivity index (χ3v) is 3.85. The van der Waals surface area contributed by atoms with Crippen LogP contribution in [0.2, 0.25) is 0 Å².